The van der Waals surface area contributed by atoms with Crippen LogP contribution in [0.5, 0.6) is 0 Å². The molecule has 0 aliphatic rings. The van der Waals surface area contributed by atoms with Crippen molar-refractivity contribution in [3.8, 4) is 0 Å². The SMILES string of the molecule is CCN(CC)C(=S)SCCC(=O)NC(=O)Nc1ccccc1. The van der Waals surface area contributed by atoms with Gasteiger partial charge in [-0.3, -0.25) is 10.1 Å². The van der Waals surface area contributed by atoms with Crippen molar-refractivity contribution in [2.45, 2.75) is 20.3 Å². The fourth-order valence-electron chi connectivity index (χ4n) is 1.68. The van der Waals surface area contributed by atoms with E-state index in [1.807, 2.05) is 32.0 Å². The second-order valence-corrected chi connectivity index (χ2v) is 6.13. The topological polar surface area (TPSA) is 61.4 Å². The molecule has 0 saturated carbocycles. The van der Waals surface area contributed by atoms with Crippen LogP contribution in [0.4, 0.5) is 10.5 Å². The molecule has 0 aliphatic heterocycles. The third kappa shape index (κ3) is 6.91. The molecule has 2 N–H and O–H groups in total. The van der Waals surface area contributed by atoms with Gasteiger partial charge in [0.1, 0.15) is 4.32 Å². The summed E-state index contributed by atoms with van der Waals surface area (Å²) in [6, 6.07) is 8.45. The highest BCUT2D eigenvalue weighted by molar-refractivity contribution is 8.22. The van der Waals surface area contributed by atoms with Gasteiger partial charge in [-0.1, -0.05) is 42.2 Å². The van der Waals surface area contributed by atoms with Crippen LogP contribution in [-0.4, -0.2) is 40.0 Å². The maximum Gasteiger partial charge on any atom is 0.325 e. The van der Waals surface area contributed by atoms with Crippen LogP contribution in [0.2, 0.25) is 0 Å². The van der Waals surface area contributed by atoms with Gasteiger partial charge in [0, 0.05) is 31.0 Å². The fourth-order valence-corrected chi connectivity index (χ4v) is 3.09. The lowest BCUT2D eigenvalue weighted by atomic mass is 10.3. The van der Waals surface area contributed by atoms with E-state index in [9.17, 15) is 9.59 Å². The van der Waals surface area contributed by atoms with E-state index in [1.54, 1.807) is 12.1 Å². The summed E-state index contributed by atoms with van der Waals surface area (Å²) >= 11 is 6.74. The van der Waals surface area contributed by atoms with Crippen molar-refractivity contribution in [3.05, 3.63) is 30.3 Å². The Hall–Kier alpha value is -1.60. The second-order valence-electron chi connectivity index (χ2n) is 4.40. The molecular formula is C15H21N3O2S2. The number of thiocarbonyl (C=S) groups is 1. The molecule has 22 heavy (non-hydrogen) atoms. The van der Waals surface area contributed by atoms with Gasteiger partial charge in [0.2, 0.25) is 5.91 Å². The van der Waals surface area contributed by atoms with Gasteiger partial charge in [0.05, 0.1) is 0 Å². The molecule has 0 aliphatic carbocycles. The third-order valence-electron chi connectivity index (χ3n) is 2.86. The Morgan fingerprint density at radius 1 is 1.18 bits per heavy atom. The smallest absolute Gasteiger partial charge is 0.325 e. The van der Waals surface area contributed by atoms with Crippen LogP contribution in [0.1, 0.15) is 20.3 Å². The minimum atomic E-state index is -0.521. The molecule has 0 atom stereocenters. The highest BCUT2D eigenvalue weighted by Gasteiger charge is 2.10. The van der Waals surface area contributed by atoms with Crippen LogP contribution in [0.25, 0.3) is 0 Å². The zero-order valence-electron chi connectivity index (χ0n) is 12.8. The van der Waals surface area contributed by atoms with Crippen molar-refractivity contribution in [2.24, 2.45) is 0 Å². The van der Waals surface area contributed by atoms with Crippen LogP contribution in [0, 0.1) is 0 Å². The number of nitrogens with zero attached hydrogens (tertiary/aromatic N) is 1. The summed E-state index contributed by atoms with van der Waals surface area (Å²) in [5.74, 6) is 0.239. The first-order valence-electron chi connectivity index (χ1n) is 7.14. The predicted octanol–water partition coefficient (Wildman–Crippen LogP) is 3.08. The molecule has 0 fully saturated rings. The van der Waals surface area contributed by atoms with Crippen molar-refractivity contribution < 1.29 is 9.59 Å². The molecule has 1 aromatic carbocycles. The van der Waals surface area contributed by atoms with Gasteiger partial charge in [0.25, 0.3) is 0 Å². The Kier molecular flexibility index (Phi) is 8.54. The molecule has 3 amide bonds. The lowest BCUT2D eigenvalue weighted by Crippen LogP contribution is -2.34. The Morgan fingerprint density at radius 2 is 1.82 bits per heavy atom. The normalized spacial score (nSPS) is 9.91. The first-order chi connectivity index (χ1) is 10.6. The number of urea groups is 1. The van der Waals surface area contributed by atoms with Gasteiger partial charge >= 0.3 is 6.03 Å². The molecule has 0 saturated heterocycles. The summed E-state index contributed by atoms with van der Waals surface area (Å²) in [6.07, 6.45) is 0.244. The first-order valence-corrected chi connectivity index (χ1v) is 8.53. The lowest BCUT2D eigenvalue weighted by Gasteiger charge is -2.20. The van der Waals surface area contributed by atoms with Crippen molar-refractivity contribution in [1.82, 2.24) is 10.2 Å². The van der Waals surface area contributed by atoms with Gasteiger partial charge < -0.3 is 10.2 Å². The summed E-state index contributed by atoms with van der Waals surface area (Å²) in [4.78, 5) is 25.4. The van der Waals surface area contributed by atoms with E-state index in [-0.39, 0.29) is 12.3 Å². The third-order valence-corrected chi connectivity index (χ3v) is 4.39. The van der Waals surface area contributed by atoms with Crippen LogP contribution in [0.15, 0.2) is 30.3 Å². The van der Waals surface area contributed by atoms with Crippen molar-refractivity contribution >= 4 is 45.9 Å². The average Bonchev–Trinajstić information content (AvgIpc) is 2.49. The summed E-state index contributed by atoms with van der Waals surface area (Å²) < 4.78 is 0.784. The van der Waals surface area contributed by atoms with E-state index in [0.717, 1.165) is 17.4 Å². The number of anilines is 1. The van der Waals surface area contributed by atoms with Crippen molar-refractivity contribution in [3.63, 3.8) is 0 Å². The van der Waals surface area contributed by atoms with Gasteiger partial charge in [0.15, 0.2) is 0 Å². The molecule has 0 unspecified atom stereocenters. The van der Waals surface area contributed by atoms with Gasteiger partial charge in [-0.2, -0.15) is 0 Å². The number of carbonyl (C=O) groups is 2. The van der Waals surface area contributed by atoms with E-state index in [4.69, 9.17) is 12.2 Å². The van der Waals surface area contributed by atoms with Gasteiger partial charge in [-0.25, -0.2) is 4.79 Å². The average molecular weight is 339 g/mol. The summed E-state index contributed by atoms with van der Waals surface area (Å²) in [7, 11) is 0. The van der Waals surface area contributed by atoms with Gasteiger partial charge in [-0.05, 0) is 26.0 Å². The Balaban J connectivity index is 2.26. The highest BCUT2D eigenvalue weighted by atomic mass is 32.2. The van der Waals surface area contributed by atoms with Crippen molar-refractivity contribution in [1.29, 1.82) is 0 Å². The quantitative estimate of drug-likeness (QED) is 0.780. The number of nitrogens with one attached hydrogen (secondary N) is 2. The Bertz CT molecular complexity index is 505. The minimum absolute atomic E-state index is 0.244. The van der Waals surface area contributed by atoms with Crippen LogP contribution < -0.4 is 10.6 Å². The summed E-state index contributed by atoms with van der Waals surface area (Å²) in [5, 5.41) is 4.90. The van der Waals surface area contributed by atoms with E-state index < -0.39 is 6.03 Å². The molecular weight excluding hydrogens is 318 g/mol. The fraction of sp³-hybridized carbons (Fsp3) is 0.400. The van der Waals surface area contributed by atoms with Crippen molar-refractivity contribution in [2.75, 3.05) is 24.2 Å². The van der Waals surface area contributed by atoms with E-state index in [0.29, 0.717) is 11.4 Å². The maximum absolute atomic E-state index is 11.7. The van der Waals surface area contributed by atoms with E-state index in [2.05, 4.69) is 15.5 Å². The van der Waals surface area contributed by atoms with E-state index >= 15 is 0 Å². The number of benzene rings is 1. The van der Waals surface area contributed by atoms with Crippen LogP contribution >= 0.6 is 24.0 Å². The second kappa shape index (κ2) is 10.2. The number of thioether (sulfide) groups is 1. The lowest BCUT2D eigenvalue weighted by molar-refractivity contribution is -0.119. The first kappa shape index (κ1) is 18.4. The highest BCUT2D eigenvalue weighted by Crippen LogP contribution is 2.10. The molecule has 0 radical (unpaired) electrons. The number of imide groups is 1. The molecule has 0 heterocycles. The molecule has 0 bridgehead atoms. The van der Waals surface area contributed by atoms with Crippen LogP contribution in [-0.2, 0) is 4.79 Å². The zero-order valence-corrected chi connectivity index (χ0v) is 14.4. The summed E-state index contributed by atoms with van der Waals surface area (Å²) in [5.41, 5.74) is 0.643. The number of hydrogen-bond donors (Lipinski definition) is 2. The maximum atomic E-state index is 11.7. The predicted molar refractivity (Wildman–Crippen MR) is 96.2 cm³/mol. The Labute approximate surface area is 140 Å². The minimum Gasteiger partial charge on any atom is -0.358 e. The molecule has 120 valence electrons. The molecule has 5 nitrogen and oxygen atoms in total. The number of rotatable bonds is 6. The number of carbonyl (C=O) groups excluding carboxylic acids is 2. The molecule has 0 aromatic heterocycles. The number of para-hydroxylation sites is 1. The van der Waals surface area contributed by atoms with Crippen LogP contribution in [0.3, 0.4) is 0 Å². The molecule has 7 heteroatoms. The zero-order chi connectivity index (χ0) is 16.4. The molecule has 1 rings (SSSR count). The monoisotopic (exact) mass is 339 g/mol. The van der Waals surface area contributed by atoms with Gasteiger partial charge in [-0.15, -0.1) is 0 Å². The summed E-state index contributed by atoms with van der Waals surface area (Å²) in [6.45, 7) is 5.79. The molecule has 1 aromatic rings. The number of hydrogen-bond acceptors (Lipinski definition) is 4. The largest absolute Gasteiger partial charge is 0.358 e. The number of amides is 3. The standard InChI is InChI=1S/C15H21N3O2S2/c1-3-18(4-2)15(21)22-11-10-13(19)17-14(20)16-12-8-6-5-7-9-12/h5-9H,3-4,10-11H2,1-2H3,(H2,16,17,19,20). The molecule has 0 spiro atoms. The van der Waals surface area contributed by atoms with E-state index in [1.165, 1.54) is 11.8 Å². The Morgan fingerprint density at radius 3 is 2.41 bits per heavy atom.